The second-order valence-electron chi connectivity index (χ2n) is 1.38. The van der Waals surface area contributed by atoms with Gasteiger partial charge in [0.15, 0.2) is 0 Å². The van der Waals surface area contributed by atoms with Crippen LogP contribution in [0.1, 0.15) is 0 Å². The molecule has 0 aromatic rings. The van der Waals surface area contributed by atoms with Gasteiger partial charge < -0.3 is 4.74 Å². The van der Waals surface area contributed by atoms with Gasteiger partial charge in [-0.25, -0.2) is 9.59 Å². The van der Waals surface area contributed by atoms with Crippen LogP contribution in [0.3, 0.4) is 0 Å². The Hall–Kier alpha value is -1.45. The highest BCUT2D eigenvalue weighted by Gasteiger charge is 2.03. The van der Waals surface area contributed by atoms with Crippen molar-refractivity contribution in [1.82, 2.24) is 0 Å². The minimum atomic E-state index is -0.770. The van der Waals surface area contributed by atoms with E-state index in [4.69, 9.17) is 0 Å². The number of esters is 2. The smallest absolute Gasteiger partial charge is 0.337 e. The van der Waals surface area contributed by atoms with Crippen molar-refractivity contribution in [3.8, 4) is 0 Å². The molecule has 0 N–H and O–H groups in total. The lowest BCUT2D eigenvalue weighted by Gasteiger charge is -1.93. The number of aliphatic imine (C=N–C) groups is 1. The Balaban J connectivity index is 3.67. The largest absolute Gasteiger partial charge is 0.388 e. The van der Waals surface area contributed by atoms with E-state index >= 15 is 0 Å². The van der Waals surface area contributed by atoms with E-state index in [2.05, 4.69) is 23.0 Å². The summed E-state index contributed by atoms with van der Waals surface area (Å²) in [7, 11) is 0. The number of hydrogen-bond donors (Lipinski definition) is 0. The van der Waals surface area contributed by atoms with Gasteiger partial charge in [-0.2, -0.15) is 0 Å². The summed E-state index contributed by atoms with van der Waals surface area (Å²) in [4.78, 5) is 23.9. The predicted octanol–water partition coefficient (Wildman–Crippen LogP) is -0.0572. The molecule has 0 aliphatic rings. The van der Waals surface area contributed by atoms with Crippen molar-refractivity contribution < 1.29 is 14.3 Å². The topological polar surface area (TPSA) is 55.7 Å². The number of hydrogen-bond acceptors (Lipinski definition) is 4. The maximum absolute atomic E-state index is 10.4. The third-order valence-electron chi connectivity index (χ3n) is 0.622. The molecule has 0 aromatic heterocycles. The van der Waals surface area contributed by atoms with Crippen LogP contribution >= 0.6 is 0 Å². The van der Waals surface area contributed by atoms with Crippen molar-refractivity contribution in [2.24, 2.45) is 4.99 Å². The molecule has 0 saturated heterocycles. The highest BCUT2D eigenvalue weighted by molar-refractivity contribution is 5.92. The van der Waals surface area contributed by atoms with E-state index in [1.807, 2.05) is 0 Å². The molecule has 4 heteroatoms. The van der Waals surface area contributed by atoms with Gasteiger partial charge in [0.1, 0.15) is 6.54 Å². The summed E-state index contributed by atoms with van der Waals surface area (Å²) in [5.74, 6) is -1.49. The Kier molecular flexibility index (Phi) is 3.79. The Morgan fingerprint density at radius 2 is 2.20 bits per heavy atom. The van der Waals surface area contributed by atoms with Crippen LogP contribution in [0.4, 0.5) is 0 Å². The summed E-state index contributed by atoms with van der Waals surface area (Å²) in [6.07, 6.45) is 0.904. The highest BCUT2D eigenvalue weighted by Crippen LogP contribution is 1.81. The number of ether oxygens (including phenoxy) is 1. The molecule has 0 amide bonds. The summed E-state index contributed by atoms with van der Waals surface area (Å²) in [5.41, 5.74) is 0. The summed E-state index contributed by atoms with van der Waals surface area (Å²) < 4.78 is 4.11. The van der Waals surface area contributed by atoms with Crippen LogP contribution < -0.4 is 0 Å². The molecule has 54 valence electrons. The highest BCUT2D eigenvalue weighted by atomic mass is 16.6. The van der Waals surface area contributed by atoms with Crippen LogP contribution in [0.2, 0.25) is 0 Å². The average molecular weight is 141 g/mol. The third-order valence-corrected chi connectivity index (χ3v) is 0.622. The molecular formula is C6H7NO3. The Morgan fingerprint density at radius 1 is 1.60 bits per heavy atom. The Bertz CT molecular complexity index is 174. The molecule has 0 heterocycles. The van der Waals surface area contributed by atoms with Crippen LogP contribution in [0.5, 0.6) is 0 Å². The lowest BCUT2D eigenvalue weighted by Crippen LogP contribution is -2.12. The molecule has 0 unspecified atom stereocenters. The molecule has 0 radical (unpaired) electrons. The van der Waals surface area contributed by atoms with E-state index in [9.17, 15) is 9.59 Å². The minimum absolute atomic E-state index is 0.209. The predicted molar refractivity (Wildman–Crippen MR) is 35.7 cm³/mol. The van der Waals surface area contributed by atoms with Crippen LogP contribution in [-0.4, -0.2) is 25.2 Å². The molecule has 0 aliphatic heterocycles. The van der Waals surface area contributed by atoms with E-state index in [1.54, 1.807) is 0 Å². The van der Waals surface area contributed by atoms with Crippen LogP contribution in [0, 0.1) is 0 Å². The third kappa shape index (κ3) is 3.54. The molecule has 0 bridgehead atoms. The van der Waals surface area contributed by atoms with Crippen LogP contribution in [0.25, 0.3) is 0 Å². The lowest BCUT2D eigenvalue weighted by atomic mass is 10.6. The molecule has 10 heavy (non-hydrogen) atoms. The quantitative estimate of drug-likeness (QED) is 0.239. The standard InChI is InChI=1S/C6H7NO3/c1-3-5(8)10-6(9)4-7-2/h3H,1-2,4H2. The summed E-state index contributed by atoms with van der Waals surface area (Å²) in [6.45, 7) is 5.94. The van der Waals surface area contributed by atoms with E-state index in [1.165, 1.54) is 0 Å². The molecule has 0 fully saturated rings. The minimum Gasteiger partial charge on any atom is -0.388 e. The van der Waals surface area contributed by atoms with Gasteiger partial charge in [0.2, 0.25) is 0 Å². The zero-order valence-electron chi connectivity index (χ0n) is 5.37. The number of rotatable bonds is 3. The van der Waals surface area contributed by atoms with Crippen molar-refractivity contribution in [1.29, 1.82) is 0 Å². The van der Waals surface area contributed by atoms with E-state index in [0.29, 0.717) is 0 Å². The van der Waals surface area contributed by atoms with E-state index < -0.39 is 11.9 Å². The summed E-state index contributed by atoms with van der Waals surface area (Å²) in [6, 6.07) is 0. The molecule has 4 nitrogen and oxygen atoms in total. The van der Waals surface area contributed by atoms with Crippen molar-refractivity contribution in [3.05, 3.63) is 12.7 Å². The number of carbonyl (C=O) groups is 2. The Labute approximate surface area is 58.2 Å². The first-order valence-corrected chi connectivity index (χ1v) is 2.50. The first kappa shape index (κ1) is 8.55. The zero-order chi connectivity index (χ0) is 7.98. The van der Waals surface area contributed by atoms with Crippen LogP contribution in [0.15, 0.2) is 17.6 Å². The Morgan fingerprint density at radius 3 is 2.60 bits per heavy atom. The van der Waals surface area contributed by atoms with Gasteiger partial charge in [-0.1, -0.05) is 6.58 Å². The van der Waals surface area contributed by atoms with Crippen molar-refractivity contribution in [2.75, 3.05) is 6.54 Å². The van der Waals surface area contributed by atoms with E-state index in [0.717, 1.165) is 6.08 Å². The van der Waals surface area contributed by atoms with Crippen molar-refractivity contribution in [3.63, 3.8) is 0 Å². The fourth-order valence-electron chi connectivity index (χ4n) is 0.277. The molecule has 0 aromatic carbocycles. The van der Waals surface area contributed by atoms with Gasteiger partial charge in [-0.15, -0.1) is 0 Å². The molecule has 0 atom stereocenters. The summed E-state index contributed by atoms with van der Waals surface area (Å²) in [5, 5.41) is 0. The van der Waals surface area contributed by atoms with Crippen LogP contribution in [-0.2, 0) is 14.3 Å². The first-order chi connectivity index (χ1) is 4.70. The van der Waals surface area contributed by atoms with Gasteiger partial charge in [0, 0.05) is 6.08 Å². The lowest BCUT2D eigenvalue weighted by molar-refractivity contribution is -0.154. The second kappa shape index (κ2) is 4.43. The number of nitrogens with zero attached hydrogens (tertiary/aromatic N) is 1. The van der Waals surface area contributed by atoms with Gasteiger partial charge in [-0.05, 0) is 6.72 Å². The maximum atomic E-state index is 10.4. The molecule has 0 rings (SSSR count). The maximum Gasteiger partial charge on any atom is 0.337 e. The monoisotopic (exact) mass is 141 g/mol. The van der Waals surface area contributed by atoms with Gasteiger partial charge >= 0.3 is 11.9 Å². The van der Waals surface area contributed by atoms with Crippen molar-refractivity contribution in [2.45, 2.75) is 0 Å². The van der Waals surface area contributed by atoms with E-state index in [-0.39, 0.29) is 6.54 Å². The normalized spacial score (nSPS) is 8.00. The van der Waals surface area contributed by atoms with Gasteiger partial charge in [0.05, 0.1) is 0 Å². The molecule has 0 aliphatic carbocycles. The fraction of sp³-hybridized carbons (Fsp3) is 0.167. The molecule has 0 spiro atoms. The number of carbonyl (C=O) groups excluding carboxylic acids is 2. The summed E-state index contributed by atoms with van der Waals surface area (Å²) >= 11 is 0. The second-order valence-corrected chi connectivity index (χ2v) is 1.38. The zero-order valence-corrected chi connectivity index (χ0v) is 5.37. The fourth-order valence-corrected chi connectivity index (χ4v) is 0.277. The SMILES string of the molecule is C=CC(=O)OC(=O)CN=C. The van der Waals surface area contributed by atoms with Crippen molar-refractivity contribution >= 4 is 18.7 Å². The molecule has 0 saturated carbocycles. The molecular weight excluding hydrogens is 134 g/mol. The van der Waals surface area contributed by atoms with Gasteiger partial charge in [-0.3, -0.25) is 4.99 Å². The van der Waals surface area contributed by atoms with Gasteiger partial charge in [0.25, 0.3) is 0 Å². The first-order valence-electron chi connectivity index (χ1n) is 2.50. The average Bonchev–Trinajstić information content (AvgIpc) is 1.88.